The standard InChI is InChI=1S/C23H19FN2O3/c1-14-10-11-16(13-19(14)24)25-20(27)9-4-12-26-22(28)17-7-2-5-15-6-3-8-18(21(15)17)23(26)29/h2-3,5-8,10-11,13H,4,9,12H2,1H3,(H,25,27). The van der Waals surface area contributed by atoms with E-state index in [9.17, 15) is 18.8 Å². The Hall–Kier alpha value is -3.54. The van der Waals surface area contributed by atoms with Gasteiger partial charge in [-0.05, 0) is 48.6 Å². The number of benzene rings is 3. The summed E-state index contributed by atoms with van der Waals surface area (Å²) in [5, 5.41) is 4.17. The SMILES string of the molecule is Cc1ccc(NC(=O)CCCN2C(=O)c3cccc4cccc(c34)C2=O)cc1F. The molecule has 146 valence electrons. The van der Waals surface area contributed by atoms with Crippen LogP contribution in [0.15, 0.2) is 54.6 Å². The Labute approximate surface area is 167 Å². The van der Waals surface area contributed by atoms with Crippen molar-refractivity contribution < 1.29 is 18.8 Å². The Morgan fingerprint density at radius 2 is 1.66 bits per heavy atom. The number of hydrogen-bond acceptors (Lipinski definition) is 3. The van der Waals surface area contributed by atoms with E-state index >= 15 is 0 Å². The molecule has 6 heteroatoms. The van der Waals surface area contributed by atoms with E-state index < -0.39 is 0 Å². The van der Waals surface area contributed by atoms with Gasteiger partial charge in [-0.15, -0.1) is 0 Å². The highest BCUT2D eigenvalue weighted by Gasteiger charge is 2.32. The molecule has 5 nitrogen and oxygen atoms in total. The molecule has 3 aromatic carbocycles. The normalized spacial score (nSPS) is 13.1. The second kappa shape index (κ2) is 7.47. The van der Waals surface area contributed by atoms with Crippen molar-refractivity contribution >= 4 is 34.2 Å². The van der Waals surface area contributed by atoms with Crippen LogP contribution in [0.3, 0.4) is 0 Å². The van der Waals surface area contributed by atoms with Crippen LogP contribution in [0.4, 0.5) is 10.1 Å². The first-order valence-corrected chi connectivity index (χ1v) is 9.39. The van der Waals surface area contributed by atoms with Crippen molar-refractivity contribution in [3.05, 3.63) is 77.1 Å². The van der Waals surface area contributed by atoms with E-state index in [1.165, 1.54) is 11.0 Å². The first-order chi connectivity index (χ1) is 14.0. The lowest BCUT2D eigenvalue weighted by Gasteiger charge is -2.27. The fourth-order valence-electron chi connectivity index (χ4n) is 3.58. The van der Waals surface area contributed by atoms with Crippen molar-refractivity contribution in [2.24, 2.45) is 0 Å². The molecule has 0 saturated heterocycles. The van der Waals surface area contributed by atoms with E-state index in [0.29, 0.717) is 34.2 Å². The third-order valence-electron chi connectivity index (χ3n) is 5.10. The molecule has 0 saturated carbocycles. The molecule has 0 bridgehead atoms. The zero-order valence-corrected chi connectivity index (χ0v) is 15.9. The van der Waals surface area contributed by atoms with Crippen LogP contribution < -0.4 is 5.32 Å². The lowest BCUT2D eigenvalue weighted by molar-refractivity contribution is -0.116. The molecular weight excluding hydrogens is 371 g/mol. The van der Waals surface area contributed by atoms with Gasteiger partial charge in [0.1, 0.15) is 5.82 Å². The predicted octanol–water partition coefficient (Wildman–Crippen LogP) is 4.30. The van der Waals surface area contributed by atoms with Crippen LogP contribution >= 0.6 is 0 Å². The van der Waals surface area contributed by atoms with E-state index in [1.54, 1.807) is 43.3 Å². The van der Waals surface area contributed by atoms with E-state index in [-0.39, 0.29) is 36.5 Å². The average Bonchev–Trinajstić information content (AvgIpc) is 2.71. The fourth-order valence-corrected chi connectivity index (χ4v) is 3.58. The Kier molecular flexibility index (Phi) is 4.84. The predicted molar refractivity (Wildman–Crippen MR) is 108 cm³/mol. The number of imide groups is 1. The van der Waals surface area contributed by atoms with Crippen LogP contribution in [0.5, 0.6) is 0 Å². The van der Waals surface area contributed by atoms with Gasteiger partial charge >= 0.3 is 0 Å². The van der Waals surface area contributed by atoms with Crippen molar-refractivity contribution in [2.45, 2.75) is 19.8 Å². The van der Waals surface area contributed by atoms with E-state index in [1.807, 2.05) is 12.1 Å². The van der Waals surface area contributed by atoms with Crippen molar-refractivity contribution in [1.29, 1.82) is 0 Å². The summed E-state index contributed by atoms with van der Waals surface area (Å²) in [5.41, 5.74) is 1.87. The Morgan fingerprint density at radius 3 is 2.28 bits per heavy atom. The Balaban J connectivity index is 1.42. The number of nitrogens with one attached hydrogen (secondary N) is 1. The lowest BCUT2D eigenvalue weighted by atomic mass is 9.94. The van der Waals surface area contributed by atoms with Gasteiger partial charge in [0, 0.05) is 35.2 Å². The highest BCUT2D eigenvalue weighted by molar-refractivity contribution is 6.25. The number of amides is 3. The molecule has 1 N–H and O–H groups in total. The molecule has 0 spiro atoms. The quantitative estimate of drug-likeness (QED) is 0.661. The van der Waals surface area contributed by atoms with Crippen molar-refractivity contribution in [2.75, 3.05) is 11.9 Å². The maximum atomic E-state index is 13.6. The van der Waals surface area contributed by atoms with Gasteiger partial charge in [0.05, 0.1) is 0 Å². The van der Waals surface area contributed by atoms with Gasteiger partial charge in [-0.25, -0.2) is 4.39 Å². The van der Waals surface area contributed by atoms with Crippen LogP contribution in [-0.4, -0.2) is 29.2 Å². The largest absolute Gasteiger partial charge is 0.326 e. The van der Waals surface area contributed by atoms with Crippen LogP contribution in [0, 0.1) is 12.7 Å². The number of hydrogen-bond donors (Lipinski definition) is 1. The van der Waals surface area contributed by atoms with E-state index in [4.69, 9.17) is 0 Å². The zero-order chi connectivity index (χ0) is 20.5. The van der Waals surface area contributed by atoms with Gasteiger partial charge in [0.15, 0.2) is 0 Å². The van der Waals surface area contributed by atoms with Gasteiger partial charge in [0.25, 0.3) is 11.8 Å². The minimum absolute atomic E-state index is 0.110. The number of rotatable bonds is 5. The molecule has 4 rings (SSSR count). The number of aryl methyl sites for hydroxylation is 1. The summed E-state index contributed by atoms with van der Waals surface area (Å²) in [6, 6.07) is 15.2. The summed E-state index contributed by atoms with van der Waals surface area (Å²) in [5.74, 6) is -1.38. The molecule has 0 fully saturated rings. The summed E-state index contributed by atoms with van der Waals surface area (Å²) >= 11 is 0. The summed E-state index contributed by atoms with van der Waals surface area (Å²) < 4.78 is 13.6. The molecule has 1 aliphatic heterocycles. The van der Waals surface area contributed by atoms with Crippen LogP contribution in [0.1, 0.15) is 39.1 Å². The van der Waals surface area contributed by atoms with Crippen LogP contribution in [-0.2, 0) is 4.79 Å². The Bertz CT molecular complexity index is 1110. The smallest absolute Gasteiger partial charge is 0.261 e. The Morgan fingerprint density at radius 1 is 1.00 bits per heavy atom. The number of nitrogens with zero attached hydrogens (tertiary/aromatic N) is 1. The highest BCUT2D eigenvalue weighted by atomic mass is 19.1. The molecule has 1 heterocycles. The van der Waals surface area contributed by atoms with Crippen LogP contribution in [0.25, 0.3) is 10.8 Å². The average molecular weight is 390 g/mol. The van der Waals surface area contributed by atoms with Crippen molar-refractivity contribution in [3.8, 4) is 0 Å². The van der Waals surface area contributed by atoms with E-state index in [2.05, 4.69) is 5.32 Å². The van der Waals surface area contributed by atoms with Crippen LogP contribution in [0.2, 0.25) is 0 Å². The molecule has 0 aliphatic carbocycles. The second-order valence-corrected chi connectivity index (χ2v) is 7.09. The van der Waals surface area contributed by atoms with E-state index in [0.717, 1.165) is 5.39 Å². The third-order valence-corrected chi connectivity index (χ3v) is 5.10. The van der Waals surface area contributed by atoms with Gasteiger partial charge in [-0.3, -0.25) is 19.3 Å². The molecule has 0 aromatic heterocycles. The second-order valence-electron chi connectivity index (χ2n) is 7.09. The van der Waals surface area contributed by atoms with Gasteiger partial charge < -0.3 is 5.32 Å². The molecular formula is C23H19FN2O3. The molecule has 3 amide bonds. The van der Waals surface area contributed by atoms with Gasteiger partial charge in [-0.2, -0.15) is 0 Å². The third kappa shape index (κ3) is 3.49. The molecule has 29 heavy (non-hydrogen) atoms. The number of anilines is 1. The minimum atomic E-state index is -0.389. The summed E-state index contributed by atoms with van der Waals surface area (Å²) in [7, 11) is 0. The lowest BCUT2D eigenvalue weighted by Crippen LogP contribution is -2.41. The first-order valence-electron chi connectivity index (χ1n) is 9.39. The van der Waals surface area contributed by atoms with Gasteiger partial charge in [0.2, 0.25) is 5.91 Å². The van der Waals surface area contributed by atoms with Crippen molar-refractivity contribution in [3.63, 3.8) is 0 Å². The molecule has 1 aliphatic rings. The minimum Gasteiger partial charge on any atom is -0.326 e. The van der Waals surface area contributed by atoms with Gasteiger partial charge in [-0.1, -0.05) is 30.3 Å². The monoisotopic (exact) mass is 390 g/mol. The molecule has 0 atom stereocenters. The fraction of sp³-hybridized carbons (Fsp3) is 0.174. The molecule has 3 aromatic rings. The molecule has 0 unspecified atom stereocenters. The summed E-state index contributed by atoms with van der Waals surface area (Å²) in [6.45, 7) is 1.78. The highest BCUT2D eigenvalue weighted by Crippen LogP contribution is 2.30. The maximum Gasteiger partial charge on any atom is 0.261 e. The topological polar surface area (TPSA) is 66.5 Å². The number of carbonyl (C=O) groups is 3. The zero-order valence-electron chi connectivity index (χ0n) is 15.9. The number of carbonyl (C=O) groups excluding carboxylic acids is 3. The van der Waals surface area contributed by atoms with Crippen molar-refractivity contribution in [1.82, 2.24) is 4.90 Å². The maximum absolute atomic E-state index is 13.6. The summed E-state index contributed by atoms with van der Waals surface area (Å²) in [4.78, 5) is 39.0. The first kappa shape index (κ1) is 18.8. The number of halogens is 1. The summed E-state index contributed by atoms with van der Waals surface area (Å²) in [6.07, 6.45) is 0.425. The molecule has 0 radical (unpaired) electrons.